The molecule has 0 spiro atoms. The lowest BCUT2D eigenvalue weighted by Gasteiger charge is -2.38. The molecule has 0 saturated carbocycles. The van der Waals surface area contributed by atoms with E-state index in [2.05, 4.69) is 5.32 Å². The largest absolute Gasteiger partial charge is 0.497 e. The molecule has 0 bridgehead atoms. The van der Waals surface area contributed by atoms with Crippen molar-refractivity contribution in [2.75, 3.05) is 46.4 Å². The van der Waals surface area contributed by atoms with Gasteiger partial charge in [0.25, 0.3) is 5.91 Å². The van der Waals surface area contributed by atoms with E-state index >= 15 is 0 Å². The summed E-state index contributed by atoms with van der Waals surface area (Å²) in [5, 5.41) is 3.23. The first-order valence-electron chi connectivity index (χ1n) is 8.67. The van der Waals surface area contributed by atoms with Crippen LogP contribution in [0.1, 0.15) is 17.3 Å². The van der Waals surface area contributed by atoms with Gasteiger partial charge in [-0.2, -0.15) is 0 Å². The molecular weight excluding hydrogens is 322 g/mol. The number of carbonyl (C=O) groups is 2. The van der Waals surface area contributed by atoms with Gasteiger partial charge >= 0.3 is 0 Å². The topological polar surface area (TPSA) is 71.1 Å². The highest BCUT2D eigenvalue weighted by molar-refractivity contribution is 5.94. The Hall–Kier alpha value is -2.12. The molecule has 1 N–H and O–H groups in total. The summed E-state index contributed by atoms with van der Waals surface area (Å²) in [7, 11) is 1.58. The first-order chi connectivity index (χ1) is 12.1. The van der Waals surface area contributed by atoms with Crippen LogP contribution in [0.5, 0.6) is 5.75 Å². The summed E-state index contributed by atoms with van der Waals surface area (Å²) in [6.07, 6.45) is -0.127. The molecule has 0 aliphatic carbocycles. The van der Waals surface area contributed by atoms with Gasteiger partial charge in [-0.1, -0.05) is 6.07 Å². The van der Waals surface area contributed by atoms with Crippen LogP contribution in [0.25, 0.3) is 0 Å². The molecule has 2 atom stereocenters. The van der Waals surface area contributed by atoms with Crippen molar-refractivity contribution >= 4 is 11.8 Å². The van der Waals surface area contributed by atoms with E-state index in [1.165, 1.54) is 0 Å². The average molecular weight is 347 g/mol. The number of nitrogens with zero attached hydrogens (tertiary/aromatic N) is 2. The Morgan fingerprint density at radius 1 is 1.20 bits per heavy atom. The third-order valence-corrected chi connectivity index (χ3v) is 4.78. The number of amides is 2. The lowest BCUT2D eigenvalue weighted by Crippen LogP contribution is -2.60. The van der Waals surface area contributed by atoms with Crippen molar-refractivity contribution in [1.29, 1.82) is 0 Å². The van der Waals surface area contributed by atoms with E-state index in [1.54, 1.807) is 24.1 Å². The Labute approximate surface area is 147 Å². The Morgan fingerprint density at radius 2 is 1.92 bits per heavy atom. The Bertz CT molecular complexity index is 629. The minimum atomic E-state index is -0.297. The number of morpholine rings is 1. The van der Waals surface area contributed by atoms with E-state index in [0.29, 0.717) is 50.6 Å². The number of rotatable bonds is 3. The summed E-state index contributed by atoms with van der Waals surface area (Å²) in [4.78, 5) is 28.9. The normalized spacial score (nSPS) is 24.1. The molecule has 2 fully saturated rings. The van der Waals surface area contributed by atoms with Gasteiger partial charge in [0, 0.05) is 38.3 Å². The van der Waals surface area contributed by atoms with Crippen molar-refractivity contribution in [3.05, 3.63) is 29.8 Å². The fourth-order valence-corrected chi connectivity index (χ4v) is 3.27. The van der Waals surface area contributed by atoms with Crippen LogP contribution in [0.2, 0.25) is 0 Å². The minimum Gasteiger partial charge on any atom is -0.497 e. The lowest BCUT2D eigenvalue weighted by atomic mass is 10.1. The van der Waals surface area contributed by atoms with Crippen molar-refractivity contribution in [1.82, 2.24) is 15.1 Å². The molecule has 3 rings (SSSR count). The zero-order chi connectivity index (χ0) is 17.8. The van der Waals surface area contributed by atoms with Gasteiger partial charge in [-0.15, -0.1) is 0 Å². The predicted molar refractivity (Wildman–Crippen MR) is 92.7 cm³/mol. The van der Waals surface area contributed by atoms with Crippen LogP contribution >= 0.6 is 0 Å². The van der Waals surface area contributed by atoms with E-state index < -0.39 is 0 Å². The van der Waals surface area contributed by atoms with Gasteiger partial charge in [-0.3, -0.25) is 9.59 Å². The van der Waals surface area contributed by atoms with E-state index in [4.69, 9.17) is 9.47 Å². The van der Waals surface area contributed by atoms with Gasteiger partial charge in [0.05, 0.1) is 19.8 Å². The molecule has 2 aliphatic heterocycles. The molecule has 2 amide bonds. The molecule has 1 aromatic rings. The summed E-state index contributed by atoms with van der Waals surface area (Å²) in [6, 6.07) is 6.85. The maximum absolute atomic E-state index is 12.7. The molecule has 7 nitrogen and oxygen atoms in total. The molecule has 25 heavy (non-hydrogen) atoms. The highest BCUT2D eigenvalue weighted by atomic mass is 16.5. The second-order valence-corrected chi connectivity index (χ2v) is 6.36. The van der Waals surface area contributed by atoms with Gasteiger partial charge in [0.2, 0.25) is 5.91 Å². The maximum atomic E-state index is 12.7. The lowest BCUT2D eigenvalue weighted by molar-refractivity contribution is -0.140. The highest BCUT2D eigenvalue weighted by Crippen LogP contribution is 2.16. The van der Waals surface area contributed by atoms with Crippen molar-refractivity contribution < 1.29 is 19.1 Å². The van der Waals surface area contributed by atoms with E-state index in [0.717, 1.165) is 0 Å². The second-order valence-electron chi connectivity index (χ2n) is 6.36. The number of ether oxygens (including phenoxy) is 2. The first-order valence-corrected chi connectivity index (χ1v) is 8.67. The third-order valence-electron chi connectivity index (χ3n) is 4.78. The standard InChI is InChI=1S/C18H25N3O4/c1-13-16(19-6-11-25-13)18(23)21-9-7-20(8-10-21)17(22)14-4-3-5-15(12-14)24-2/h3-5,12-13,16,19H,6-11H2,1-2H3/t13-,16+/m1/s1. The van der Waals surface area contributed by atoms with Crippen LogP contribution in [0, 0.1) is 0 Å². The summed E-state index contributed by atoms with van der Waals surface area (Å²) in [5.74, 6) is 0.691. The number of hydrogen-bond donors (Lipinski definition) is 1. The van der Waals surface area contributed by atoms with Crippen LogP contribution in [0.15, 0.2) is 24.3 Å². The Kier molecular flexibility index (Phi) is 5.55. The highest BCUT2D eigenvalue weighted by Gasteiger charge is 2.34. The van der Waals surface area contributed by atoms with Crippen molar-refractivity contribution in [2.45, 2.75) is 19.1 Å². The number of piperazine rings is 1. The molecule has 0 aromatic heterocycles. The first kappa shape index (κ1) is 17.7. The van der Waals surface area contributed by atoms with Gasteiger partial charge in [-0.25, -0.2) is 0 Å². The smallest absolute Gasteiger partial charge is 0.254 e. The van der Waals surface area contributed by atoms with Gasteiger partial charge in [0.1, 0.15) is 11.8 Å². The van der Waals surface area contributed by atoms with Crippen molar-refractivity contribution in [2.24, 2.45) is 0 Å². The minimum absolute atomic E-state index is 0.0292. The second kappa shape index (κ2) is 7.84. The molecule has 136 valence electrons. The number of benzene rings is 1. The van der Waals surface area contributed by atoms with Crippen LogP contribution in [-0.2, 0) is 9.53 Å². The zero-order valence-electron chi connectivity index (χ0n) is 14.7. The van der Waals surface area contributed by atoms with Crippen molar-refractivity contribution in [3.63, 3.8) is 0 Å². The van der Waals surface area contributed by atoms with Crippen LogP contribution in [0.3, 0.4) is 0 Å². The summed E-state index contributed by atoms with van der Waals surface area (Å²) >= 11 is 0. The number of methoxy groups -OCH3 is 1. The predicted octanol–water partition coefficient (Wildman–Crippen LogP) is 0.357. The molecule has 7 heteroatoms. The molecule has 2 saturated heterocycles. The molecule has 0 unspecified atom stereocenters. The van der Waals surface area contributed by atoms with Crippen molar-refractivity contribution in [3.8, 4) is 5.75 Å². The van der Waals surface area contributed by atoms with E-state index in [9.17, 15) is 9.59 Å². The SMILES string of the molecule is COc1cccc(C(=O)N2CCN(C(=O)[C@H]3NCCO[C@@H]3C)CC2)c1. The molecule has 1 aromatic carbocycles. The fraction of sp³-hybridized carbons (Fsp3) is 0.556. The number of hydrogen-bond acceptors (Lipinski definition) is 5. The number of carbonyl (C=O) groups excluding carboxylic acids is 2. The third kappa shape index (κ3) is 3.93. The molecule has 2 heterocycles. The Balaban J connectivity index is 1.57. The summed E-state index contributed by atoms with van der Waals surface area (Å²) in [5.41, 5.74) is 0.607. The van der Waals surface area contributed by atoms with Crippen LogP contribution < -0.4 is 10.1 Å². The maximum Gasteiger partial charge on any atom is 0.254 e. The quantitative estimate of drug-likeness (QED) is 0.855. The molecule has 2 aliphatic rings. The van der Waals surface area contributed by atoms with E-state index in [1.807, 2.05) is 24.0 Å². The fourth-order valence-electron chi connectivity index (χ4n) is 3.27. The average Bonchev–Trinajstić information content (AvgIpc) is 2.67. The molecule has 0 radical (unpaired) electrons. The van der Waals surface area contributed by atoms with Gasteiger partial charge in [-0.05, 0) is 25.1 Å². The van der Waals surface area contributed by atoms with Gasteiger partial charge in [0.15, 0.2) is 0 Å². The van der Waals surface area contributed by atoms with Crippen LogP contribution in [-0.4, -0.2) is 80.2 Å². The molecular formula is C18H25N3O4. The Morgan fingerprint density at radius 3 is 2.60 bits per heavy atom. The summed E-state index contributed by atoms with van der Waals surface area (Å²) in [6.45, 7) is 5.38. The van der Waals surface area contributed by atoms with Gasteiger partial charge < -0.3 is 24.6 Å². The zero-order valence-corrected chi connectivity index (χ0v) is 14.7. The monoisotopic (exact) mass is 347 g/mol. The van der Waals surface area contributed by atoms with E-state index in [-0.39, 0.29) is 24.0 Å². The van der Waals surface area contributed by atoms with Crippen LogP contribution in [0.4, 0.5) is 0 Å². The number of nitrogens with one attached hydrogen (secondary N) is 1. The summed E-state index contributed by atoms with van der Waals surface area (Å²) < 4.78 is 10.7.